The molecule has 0 aliphatic carbocycles. The minimum atomic E-state index is -1.19. The maximum Gasteiger partial charge on any atom is 0.411 e. The topological polar surface area (TPSA) is 96.4 Å². The molecule has 8 nitrogen and oxygen atoms in total. The van der Waals surface area contributed by atoms with Crippen LogP contribution >= 0.6 is 0 Å². The Kier molecular flexibility index (Phi) is 5.74. The Morgan fingerprint density at radius 2 is 1.29 bits per heavy atom. The van der Waals surface area contributed by atoms with Gasteiger partial charge in [-0.2, -0.15) is 0 Å². The van der Waals surface area contributed by atoms with Gasteiger partial charge >= 0.3 is 18.2 Å². The van der Waals surface area contributed by atoms with E-state index in [-0.39, 0.29) is 19.1 Å². The van der Waals surface area contributed by atoms with Crippen LogP contribution in [0.5, 0.6) is 0 Å². The molecule has 24 heavy (non-hydrogen) atoms. The third-order valence-corrected chi connectivity index (χ3v) is 3.28. The van der Waals surface area contributed by atoms with Gasteiger partial charge in [0.1, 0.15) is 11.2 Å². The minimum absolute atomic E-state index is 0.0606. The van der Waals surface area contributed by atoms with Crippen LogP contribution in [0.3, 0.4) is 0 Å². The van der Waals surface area contributed by atoms with Gasteiger partial charge < -0.3 is 19.5 Å². The van der Waals surface area contributed by atoms with Crippen molar-refractivity contribution in [1.82, 2.24) is 9.80 Å². The molecule has 0 bridgehead atoms. The van der Waals surface area contributed by atoms with E-state index < -0.39 is 35.4 Å². The second-order valence-corrected chi connectivity index (χ2v) is 7.97. The summed E-state index contributed by atoms with van der Waals surface area (Å²) in [4.78, 5) is 38.6. The number of nitrogens with zero attached hydrogens (tertiary/aromatic N) is 2. The molecule has 1 heterocycles. The number of carboxylic acids is 1. The molecule has 0 aromatic carbocycles. The number of hydrogen-bond donors (Lipinski definition) is 1. The highest BCUT2D eigenvalue weighted by molar-refractivity contribution is 5.82. The summed E-state index contributed by atoms with van der Waals surface area (Å²) in [6.07, 6.45) is -1.30. The number of piperazine rings is 1. The van der Waals surface area contributed by atoms with Gasteiger partial charge in [0.25, 0.3) is 0 Å². The summed E-state index contributed by atoms with van der Waals surface area (Å²) in [5, 5.41) is 9.45. The van der Waals surface area contributed by atoms with E-state index in [1.807, 2.05) is 0 Å². The number of carboxylic acid groups (broad SMARTS) is 1. The Bertz CT molecular complexity index is 506. The average Bonchev–Trinajstić information content (AvgIpc) is 2.33. The zero-order valence-electron chi connectivity index (χ0n) is 15.5. The first-order valence-corrected chi connectivity index (χ1v) is 7.93. The molecular formula is C16H28N2O6. The van der Waals surface area contributed by atoms with Crippen molar-refractivity contribution in [2.24, 2.45) is 0 Å². The largest absolute Gasteiger partial charge is 0.480 e. The number of carbonyl (C=O) groups is 3. The number of ether oxygens (including phenoxy) is 2. The fraction of sp³-hybridized carbons (Fsp3) is 0.812. The monoisotopic (exact) mass is 344 g/mol. The molecule has 0 unspecified atom stereocenters. The molecule has 0 aromatic heterocycles. The van der Waals surface area contributed by atoms with E-state index in [0.29, 0.717) is 0 Å². The van der Waals surface area contributed by atoms with Crippen LogP contribution in [0, 0.1) is 0 Å². The van der Waals surface area contributed by atoms with Crippen molar-refractivity contribution in [2.75, 3.05) is 13.1 Å². The smallest absolute Gasteiger partial charge is 0.411 e. The van der Waals surface area contributed by atoms with Crippen molar-refractivity contribution in [3.8, 4) is 0 Å². The van der Waals surface area contributed by atoms with Gasteiger partial charge in [-0.25, -0.2) is 14.4 Å². The molecular weight excluding hydrogens is 316 g/mol. The maximum atomic E-state index is 12.3. The molecule has 8 heteroatoms. The van der Waals surface area contributed by atoms with E-state index in [1.54, 1.807) is 48.5 Å². The van der Waals surface area contributed by atoms with Crippen LogP contribution in [0.2, 0.25) is 0 Å². The first kappa shape index (κ1) is 20.1. The Morgan fingerprint density at radius 3 is 1.67 bits per heavy atom. The van der Waals surface area contributed by atoms with Gasteiger partial charge in [0.2, 0.25) is 0 Å². The van der Waals surface area contributed by atoms with Crippen LogP contribution in [0.1, 0.15) is 48.5 Å². The van der Waals surface area contributed by atoms with Crippen LogP contribution in [-0.2, 0) is 14.3 Å². The maximum absolute atomic E-state index is 12.3. The highest BCUT2D eigenvalue weighted by atomic mass is 16.6. The summed E-state index contributed by atoms with van der Waals surface area (Å²) < 4.78 is 10.6. The molecule has 1 fully saturated rings. The molecule has 0 radical (unpaired) electrons. The molecule has 1 rings (SSSR count). The van der Waals surface area contributed by atoms with Gasteiger partial charge in [0, 0.05) is 6.54 Å². The normalized spacial score (nSPS) is 22.1. The second kappa shape index (κ2) is 6.86. The van der Waals surface area contributed by atoms with Crippen molar-refractivity contribution < 1.29 is 29.0 Å². The summed E-state index contributed by atoms with van der Waals surface area (Å²) in [5.74, 6) is -1.19. The van der Waals surface area contributed by atoms with Crippen LogP contribution < -0.4 is 0 Å². The van der Waals surface area contributed by atoms with Gasteiger partial charge in [0.05, 0.1) is 12.6 Å². The summed E-state index contributed by atoms with van der Waals surface area (Å²) in [7, 11) is 0. The Morgan fingerprint density at radius 1 is 0.875 bits per heavy atom. The van der Waals surface area contributed by atoms with Gasteiger partial charge in [-0.05, 0) is 48.5 Å². The lowest BCUT2D eigenvalue weighted by molar-refractivity contribution is -0.146. The zero-order valence-corrected chi connectivity index (χ0v) is 15.5. The van der Waals surface area contributed by atoms with Crippen LogP contribution in [-0.4, -0.2) is 69.4 Å². The first-order valence-electron chi connectivity index (χ1n) is 7.93. The van der Waals surface area contributed by atoms with Crippen molar-refractivity contribution >= 4 is 18.2 Å². The predicted octanol–water partition coefficient (Wildman–Crippen LogP) is 2.32. The predicted molar refractivity (Wildman–Crippen MR) is 86.8 cm³/mol. The van der Waals surface area contributed by atoms with Crippen molar-refractivity contribution in [1.29, 1.82) is 0 Å². The summed E-state index contributed by atoms with van der Waals surface area (Å²) >= 11 is 0. The molecule has 0 spiro atoms. The molecule has 1 aliphatic rings. The van der Waals surface area contributed by atoms with Gasteiger partial charge in [-0.3, -0.25) is 4.90 Å². The lowest BCUT2D eigenvalue weighted by Crippen LogP contribution is -2.63. The van der Waals surface area contributed by atoms with Crippen LogP contribution in [0.4, 0.5) is 9.59 Å². The van der Waals surface area contributed by atoms with E-state index in [0.717, 1.165) is 4.90 Å². The van der Waals surface area contributed by atoms with E-state index in [1.165, 1.54) is 4.90 Å². The lowest BCUT2D eigenvalue weighted by atomic mass is 10.1. The highest BCUT2D eigenvalue weighted by Gasteiger charge is 2.43. The Hall–Kier alpha value is -1.99. The second-order valence-electron chi connectivity index (χ2n) is 7.97. The van der Waals surface area contributed by atoms with E-state index in [9.17, 15) is 19.5 Å². The van der Waals surface area contributed by atoms with Crippen molar-refractivity contribution in [2.45, 2.75) is 71.8 Å². The molecule has 1 N–H and O–H groups in total. The SMILES string of the molecule is C[C@@H]1CN(C(=O)OC(C)(C)C)[C@H](C(=O)O)CN1C(=O)OC(C)(C)C. The summed E-state index contributed by atoms with van der Waals surface area (Å²) in [5.41, 5.74) is -1.41. The quantitative estimate of drug-likeness (QED) is 0.784. The number of hydrogen-bond acceptors (Lipinski definition) is 5. The van der Waals surface area contributed by atoms with E-state index in [2.05, 4.69) is 0 Å². The fourth-order valence-electron chi connectivity index (χ4n) is 2.28. The zero-order chi connectivity index (χ0) is 18.9. The van der Waals surface area contributed by atoms with E-state index >= 15 is 0 Å². The molecule has 2 amide bonds. The molecule has 1 saturated heterocycles. The lowest BCUT2D eigenvalue weighted by Gasteiger charge is -2.43. The third kappa shape index (κ3) is 5.58. The molecule has 0 saturated carbocycles. The molecule has 1 aliphatic heterocycles. The number of rotatable bonds is 1. The molecule has 2 atom stereocenters. The Labute approximate surface area is 142 Å². The highest BCUT2D eigenvalue weighted by Crippen LogP contribution is 2.21. The van der Waals surface area contributed by atoms with Gasteiger partial charge in [-0.15, -0.1) is 0 Å². The number of aliphatic carboxylic acids is 1. The standard InChI is InChI=1S/C16H28N2O6/c1-10-8-18(14(22)24-16(5,6)7)11(12(19)20)9-17(10)13(21)23-15(2,3)4/h10-11H,8-9H2,1-7H3,(H,19,20)/t10-,11+/m1/s1. The van der Waals surface area contributed by atoms with Gasteiger partial charge in [0.15, 0.2) is 6.04 Å². The molecule has 138 valence electrons. The van der Waals surface area contributed by atoms with Crippen LogP contribution in [0.15, 0.2) is 0 Å². The van der Waals surface area contributed by atoms with Gasteiger partial charge in [-0.1, -0.05) is 0 Å². The minimum Gasteiger partial charge on any atom is -0.480 e. The van der Waals surface area contributed by atoms with Crippen molar-refractivity contribution in [3.63, 3.8) is 0 Å². The third-order valence-electron chi connectivity index (χ3n) is 3.28. The molecule has 0 aromatic rings. The average molecular weight is 344 g/mol. The summed E-state index contributed by atoms with van der Waals surface area (Å²) in [6, 6.07) is -1.56. The van der Waals surface area contributed by atoms with Crippen molar-refractivity contribution in [3.05, 3.63) is 0 Å². The fourth-order valence-corrected chi connectivity index (χ4v) is 2.28. The first-order chi connectivity index (χ1) is 10.7. The number of carbonyl (C=O) groups excluding carboxylic acids is 2. The van der Waals surface area contributed by atoms with E-state index in [4.69, 9.17) is 9.47 Å². The summed E-state index contributed by atoms with van der Waals surface area (Å²) in [6.45, 7) is 12.0. The number of amides is 2. The Balaban J connectivity index is 2.94. The van der Waals surface area contributed by atoms with Crippen LogP contribution in [0.25, 0.3) is 0 Å².